The number of alkyl halides is 1. The smallest absolute Gasteiger partial charge is 0.320 e. The van der Waals surface area contributed by atoms with E-state index in [1.54, 1.807) is 6.92 Å². The van der Waals surface area contributed by atoms with E-state index in [0.717, 1.165) is 0 Å². The fourth-order valence-electron chi connectivity index (χ4n) is 0.642. The molecule has 0 heterocycles. The minimum atomic E-state index is -0.999. The molecule has 0 saturated heterocycles. The SMILES string of the molecule is CC(O)CC(C)(Br)C(=O)O. The van der Waals surface area contributed by atoms with Crippen LogP contribution in [0.25, 0.3) is 0 Å². The lowest BCUT2D eigenvalue weighted by molar-refractivity contribution is -0.139. The number of aliphatic hydroxyl groups excluding tert-OH is 1. The molecule has 3 nitrogen and oxygen atoms in total. The molecular weight excluding hydrogens is 200 g/mol. The van der Waals surface area contributed by atoms with Crippen molar-refractivity contribution in [3.05, 3.63) is 0 Å². The third-order valence-corrected chi connectivity index (χ3v) is 1.79. The highest BCUT2D eigenvalue weighted by Gasteiger charge is 2.30. The van der Waals surface area contributed by atoms with Crippen LogP contribution < -0.4 is 0 Å². The van der Waals surface area contributed by atoms with Gasteiger partial charge in [-0.1, -0.05) is 15.9 Å². The Kier molecular flexibility index (Phi) is 3.31. The number of hydrogen-bond acceptors (Lipinski definition) is 2. The Bertz CT molecular complexity index is 131. The molecule has 10 heavy (non-hydrogen) atoms. The van der Waals surface area contributed by atoms with Crippen LogP contribution in [0.15, 0.2) is 0 Å². The third kappa shape index (κ3) is 3.17. The molecule has 0 spiro atoms. The summed E-state index contributed by atoms with van der Waals surface area (Å²) in [5, 5.41) is 17.4. The summed E-state index contributed by atoms with van der Waals surface area (Å²) in [5.41, 5.74) is 0. The lowest BCUT2D eigenvalue weighted by Crippen LogP contribution is -2.31. The van der Waals surface area contributed by atoms with Gasteiger partial charge in [-0.25, -0.2) is 0 Å². The molecule has 0 radical (unpaired) electrons. The molecule has 0 saturated carbocycles. The molecule has 60 valence electrons. The van der Waals surface area contributed by atoms with E-state index in [1.807, 2.05) is 0 Å². The number of carboxylic acids is 1. The molecule has 2 unspecified atom stereocenters. The molecule has 2 atom stereocenters. The summed E-state index contributed by atoms with van der Waals surface area (Å²) in [5.74, 6) is -0.951. The minimum Gasteiger partial charge on any atom is -0.480 e. The third-order valence-electron chi connectivity index (χ3n) is 1.12. The largest absolute Gasteiger partial charge is 0.480 e. The highest BCUT2D eigenvalue weighted by Crippen LogP contribution is 2.23. The van der Waals surface area contributed by atoms with E-state index in [1.165, 1.54) is 6.92 Å². The summed E-state index contributed by atoms with van der Waals surface area (Å²) >= 11 is 2.99. The molecule has 0 fully saturated rings. The fourth-order valence-corrected chi connectivity index (χ4v) is 1.11. The Morgan fingerprint density at radius 1 is 1.80 bits per heavy atom. The molecule has 0 aliphatic heterocycles. The van der Waals surface area contributed by atoms with Gasteiger partial charge in [-0.2, -0.15) is 0 Å². The van der Waals surface area contributed by atoms with Crippen LogP contribution in [-0.4, -0.2) is 26.6 Å². The van der Waals surface area contributed by atoms with Crippen molar-refractivity contribution in [2.45, 2.75) is 30.7 Å². The zero-order chi connectivity index (χ0) is 8.36. The van der Waals surface area contributed by atoms with Gasteiger partial charge in [0.1, 0.15) is 4.32 Å². The van der Waals surface area contributed by atoms with E-state index in [9.17, 15) is 4.79 Å². The van der Waals surface area contributed by atoms with Crippen molar-refractivity contribution in [3.63, 3.8) is 0 Å². The Hall–Kier alpha value is -0.0900. The summed E-state index contributed by atoms with van der Waals surface area (Å²) in [4.78, 5) is 10.4. The minimum absolute atomic E-state index is 0.211. The highest BCUT2D eigenvalue weighted by atomic mass is 79.9. The van der Waals surface area contributed by atoms with Crippen molar-refractivity contribution in [1.82, 2.24) is 0 Å². The average Bonchev–Trinajstić information content (AvgIpc) is 1.60. The topological polar surface area (TPSA) is 57.5 Å². The van der Waals surface area contributed by atoms with E-state index in [0.29, 0.717) is 0 Å². The maximum atomic E-state index is 10.4. The van der Waals surface area contributed by atoms with E-state index >= 15 is 0 Å². The summed E-state index contributed by atoms with van der Waals surface area (Å²) in [6, 6.07) is 0. The van der Waals surface area contributed by atoms with Crippen molar-refractivity contribution in [2.75, 3.05) is 0 Å². The Labute approximate surface area is 68.2 Å². The summed E-state index contributed by atoms with van der Waals surface area (Å²) in [6.07, 6.45) is -0.386. The summed E-state index contributed by atoms with van der Waals surface area (Å²) in [6.45, 7) is 3.07. The molecule has 4 heteroatoms. The lowest BCUT2D eigenvalue weighted by Gasteiger charge is -2.17. The number of rotatable bonds is 3. The first-order valence-corrected chi connectivity index (χ1v) is 3.76. The van der Waals surface area contributed by atoms with Crippen LogP contribution in [0.4, 0.5) is 0 Å². The quantitative estimate of drug-likeness (QED) is 0.684. The second kappa shape index (κ2) is 3.34. The Morgan fingerprint density at radius 3 is 2.30 bits per heavy atom. The van der Waals surface area contributed by atoms with Crippen molar-refractivity contribution >= 4 is 21.9 Å². The van der Waals surface area contributed by atoms with Gasteiger partial charge < -0.3 is 10.2 Å². The number of aliphatic carboxylic acids is 1. The van der Waals surface area contributed by atoms with Crippen LogP contribution in [0.3, 0.4) is 0 Å². The first-order chi connectivity index (χ1) is 4.36. The Morgan fingerprint density at radius 2 is 2.20 bits per heavy atom. The van der Waals surface area contributed by atoms with E-state index < -0.39 is 16.4 Å². The van der Waals surface area contributed by atoms with Gasteiger partial charge >= 0.3 is 5.97 Å². The standard InChI is InChI=1S/C6H11BrO3/c1-4(8)3-6(2,7)5(9)10/h4,8H,3H2,1-2H3,(H,9,10). The second-order valence-electron chi connectivity index (χ2n) is 2.56. The predicted octanol–water partition coefficient (Wildman–Crippen LogP) is 0.996. The van der Waals surface area contributed by atoms with Gasteiger partial charge in [-0.3, -0.25) is 4.79 Å². The van der Waals surface area contributed by atoms with E-state index in [2.05, 4.69) is 15.9 Å². The number of aliphatic hydroxyl groups is 1. The number of carboxylic acid groups (broad SMARTS) is 1. The number of hydrogen-bond donors (Lipinski definition) is 2. The van der Waals surface area contributed by atoms with Crippen molar-refractivity contribution < 1.29 is 15.0 Å². The molecule has 0 aliphatic rings. The van der Waals surface area contributed by atoms with Crippen molar-refractivity contribution in [1.29, 1.82) is 0 Å². The number of halogens is 1. The van der Waals surface area contributed by atoms with Crippen LogP contribution in [-0.2, 0) is 4.79 Å². The first kappa shape index (κ1) is 9.91. The molecule has 0 aromatic rings. The molecule has 0 aliphatic carbocycles. The van der Waals surface area contributed by atoms with Crippen LogP contribution in [0, 0.1) is 0 Å². The molecule has 0 aromatic heterocycles. The zero-order valence-corrected chi connectivity index (χ0v) is 7.55. The summed E-state index contributed by atoms with van der Waals surface area (Å²) in [7, 11) is 0. The molecule has 2 N–H and O–H groups in total. The highest BCUT2D eigenvalue weighted by molar-refractivity contribution is 9.10. The second-order valence-corrected chi connectivity index (χ2v) is 4.31. The van der Waals surface area contributed by atoms with Crippen LogP contribution >= 0.6 is 15.9 Å². The maximum absolute atomic E-state index is 10.4. The normalized spacial score (nSPS) is 19.6. The fraction of sp³-hybridized carbons (Fsp3) is 0.833. The molecule has 0 rings (SSSR count). The van der Waals surface area contributed by atoms with Crippen molar-refractivity contribution in [3.8, 4) is 0 Å². The molecular formula is C6H11BrO3. The van der Waals surface area contributed by atoms with Gasteiger partial charge in [0.15, 0.2) is 0 Å². The van der Waals surface area contributed by atoms with Gasteiger partial charge in [0.2, 0.25) is 0 Å². The van der Waals surface area contributed by atoms with Gasteiger partial charge in [0.25, 0.3) is 0 Å². The van der Waals surface area contributed by atoms with Gasteiger partial charge in [-0.05, 0) is 20.3 Å². The zero-order valence-electron chi connectivity index (χ0n) is 5.97. The molecule has 0 bridgehead atoms. The summed E-state index contributed by atoms with van der Waals surface area (Å²) < 4.78 is -0.999. The van der Waals surface area contributed by atoms with E-state index in [4.69, 9.17) is 10.2 Å². The van der Waals surface area contributed by atoms with Crippen LogP contribution in [0.5, 0.6) is 0 Å². The monoisotopic (exact) mass is 210 g/mol. The molecule has 0 amide bonds. The molecule has 0 aromatic carbocycles. The van der Waals surface area contributed by atoms with Crippen LogP contribution in [0.1, 0.15) is 20.3 Å². The predicted molar refractivity (Wildman–Crippen MR) is 41.3 cm³/mol. The van der Waals surface area contributed by atoms with Crippen molar-refractivity contribution in [2.24, 2.45) is 0 Å². The van der Waals surface area contributed by atoms with Gasteiger partial charge in [0.05, 0.1) is 6.10 Å². The lowest BCUT2D eigenvalue weighted by atomic mass is 10.1. The van der Waals surface area contributed by atoms with E-state index in [-0.39, 0.29) is 6.42 Å². The van der Waals surface area contributed by atoms with Crippen LogP contribution in [0.2, 0.25) is 0 Å². The number of carbonyl (C=O) groups is 1. The van der Waals surface area contributed by atoms with Gasteiger partial charge in [-0.15, -0.1) is 0 Å². The first-order valence-electron chi connectivity index (χ1n) is 2.96. The van der Waals surface area contributed by atoms with Gasteiger partial charge in [0, 0.05) is 0 Å². The Balaban J connectivity index is 4.00. The maximum Gasteiger partial charge on any atom is 0.320 e. The average molecular weight is 211 g/mol.